The molecule has 0 bridgehead atoms. The van der Waals surface area contributed by atoms with Crippen molar-refractivity contribution in [3.05, 3.63) is 75.2 Å². The average molecular weight is 359 g/mol. The number of methoxy groups -OCH3 is 1. The topological polar surface area (TPSA) is 80.9 Å². The average Bonchev–Trinajstić information content (AvgIpc) is 2.62. The lowest BCUT2D eigenvalue weighted by Gasteiger charge is -2.17. The van der Waals surface area contributed by atoms with Gasteiger partial charge in [0.1, 0.15) is 5.65 Å². The van der Waals surface area contributed by atoms with E-state index in [4.69, 9.17) is 16.3 Å². The summed E-state index contributed by atoms with van der Waals surface area (Å²) in [5.74, 6) is -1.60. The Morgan fingerprint density at radius 2 is 2.00 bits per heavy atom. The number of hydrogen-bond acceptors (Lipinski definition) is 5. The number of benzene rings is 1. The van der Waals surface area contributed by atoms with Gasteiger partial charge in [0.25, 0.3) is 5.56 Å². The normalized spacial score (nSPS) is 12.1. The van der Waals surface area contributed by atoms with E-state index in [1.807, 2.05) is 6.07 Å². The summed E-state index contributed by atoms with van der Waals surface area (Å²) in [5, 5.41) is 10.7. The Kier molecular flexibility index (Phi) is 4.72. The molecule has 2 aromatic heterocycles. The molecule has 7 heteroatoms. The molecule has 0 saturated carbocycles. The summed E-state index contributed by atoms with van der Waals surface area (Å²) >= 11 is 5.96. The first-order valence-electron chi connectivity index (χ1n) is 7.54. The Labute approximate surface area is 148 Å². The third kappa shape index (κ3) is 3.34. The monoisotopic (exact) mass is 358 g/mol. The third-order valence-electron chi connectivity index (χ3n) is 3.95. The zero-order valence-corrected chi connectivity index (χ0v) is 14.1. The minimum absolute atomic E-state index is 0.0244. The molecule has 0 aliphatic carbocycles. The van der Waals surface area contributed by atoms with E-state index in [1.165, 1.54) is 23.8 Å². The van der Waals surface area contributed by atoms with Crippen LogP contribution in [0.3, 0.4) is 0 Å². The van der Waals surface area contributed by atoms with Crippen LogP contribution in [0.15, 0.2) is 53.5 Å². The van der Waals surface area contributed by atoms with Gasteiger partial charge in [-0.3, -0.25) is 14.0 Å². The molecule has 0 spiro atoms. The van der Waals surface area contributed by atoms with Crippen molar-refractivity contribution in [3.63, 3.8) is 0 Å². The SMILES string of the molecule is COC(=O)CC(c1ccccc1)c1c(O)nc2ccc(Cl)cn2c1=O. The molecule has 1 N–H and O–H groups in total. The van der Waals surface area contributed by atoms with E-state index in [9.17, 15) is 14.7 Å². The molecule has 0 aliphatic rings. The van der Waals surface area contributed by atoms with Crippen molar-refractivity contribution in [2.45, 2.75) is 12.3 Å². The van der Waals surface area contributed by atoms with Crippen LogP contribution in [-0.2, 0) is 9.53 Å². The molecule has 3 aromatic rings. The van der Waals surface area contributed by atoms with Crippen LogP contribution >= 0.6 is 11.6 Å². The van der Waals surface area contributed by atoms with Gasteiger partial charge >= 0.3 is 5.97 Å². The standard InChI is InChI=1S/C18H15ClN2O4/c1-25-15(22)9-13(11-5-3-2-4-6-11)16-17(23)20-14-8-7-12(19)10-21(14)18(16)24/h2-8,10,13,23H,9H2,1H3. The summed E-state index contributed by atoms with van der Waals surface area (Å²) in [6.45, 7) is 0. The molecule has 128 valence electrons. The molecule has 6 nitrogen and oxygen atoms in total. The van der Waals surface area contributed by atoms with Crippen LogP contribution in [0.4, 0.5) is 0 Å². The van der Waals surface area contributed by atoms with E-state index in [0.29, 0.717) is 10.6 Å². The summed E-state index contributed by atoms with van der Waals surface area (Å²) in [6.07, 6.45) is 1.33. The van der Waals surface area contributed by atoms with Crippen LogP contribution in [0.1, 0.15) is 23.5 Å². The van der Waals surface area contributed by atoms with Crippen molar-refractivity contribution in [2.75, 3.05) is 7.11 Å². The Morgan fingerprint density at radius 1 is 1.28 bits per heavy atom. The summed E-state index contributed by atoms with van der Waals surface area (Å²) in [4.78, 5) is 28.9. The molecule has 1 unspecified atom stereocenters. The minimum atomic E-state index is -0.690. The summed E-state index contributed by atoms with van der Waals surface area (Å²) < 4.78 is 5.99. The van der Waals surface area contributed by atoms with Gasteiger partial charge < -0.3 is 9.84 Å². The van der Waals surface area contributed by atoms with Gasteiger partial charge in [-0.05, 0) is 17.7 Å². The van der Waals surface area contributed by atoms with Crippen molar-refractivity contribution in [2.24, 2.45) is 0 Å². The van der Waals surface area contributed by atoms with E-state index in [0.717, 1.165) is 0 Å². The van der Waals surface area contributed by atoms with E-state index < -0.39 is 23.3 Å². The highest BCUT2D eigenvalue weighted by Crippen LogP contribution is 2.31. The first-order valence-corrected chi connectivity index (χ1v) is 7.91. The maximum absolute atomic E-state index is 12.9. The highest BCUT2D eigenvalue weighted by molar-refractivity contribution is 6.30. The first-order chi connectivity index (χ1) is 12.0. The van der Waals surface area contributed by atoms with Gasteiger partial charge in [0.05, 0.1) is 24.1 Å². The number of carbonyl (C=O) groups excluding carboxylic acids is 1. The molecular formula is C18H15ClN2O4. The number of pyridine rings is 1. The number of aromatic hydroxyl groups is 1. The fourth-order valence-corrected chi connectivity index (χ4v) is 2.90. The molecule has 1 atom stereocenters. The molecule has 1 aromatic carbocycles. The summed E-state index contributed by atoms with van der Waals surface area (Å²) in [7, 11) is 1.27. The molecule has 0 fully saturated rings. The molecule has 0 radical (unpaired) electrons. The van der Waals surface area contributed by atoms with Crippen molar-refractivity contribution >= 4 is 23.2 Å². The molecule has 2 heterocycles. The van der Waals surface area contributed by atoms with Crippen molar-refractivity contribution in [1.82, 2.24) is 9.38 Å². The van der Waals surface area contributed by atoms with Crippen LogP contribution in [0.5, 0.6) is 5.88 Å². The number of esters is 1. The predicted octanol–water partition coefficient (Wildman–Crippen LogP) is 2.75. The first kappa shape index (κ1) is 17.0. The van der Waals surface area contributed by atoms with Crippen LogP contribution in [0.2, 0.25) is 5.02 Å². The number of rotatable bonds is 4. The Bertz CT molecular complexity index is 986. The van der Waals surface area contributed by atoms with Gasteiger partial charge in [-0.25, -0.2) is 0 Å². The minimum Gasteiger partial charge on any atom is -0.493 e. The van der Waals surface area contributed by atoms with Gasteiger partial charge in [-0.2, -0.15) is 4.98 Å². The molecule has 0 aliphatic heterocycles. The highest BCUT2D eigenvalue weighted by atomic mass is 35.5. The van der Waals surface area contributed by atoms with Crippen LogP contribution in [0, 0.1) is 0 Å². The zero-order valence-electron chi connectivity index (χ0n) is 13.3. The number of ether oxygens (including phenoxy) is 1. The number of fused-ring (bicyclic) bond motifs is 1. The van der Waals surface area contributed by atoms with Crippen LogP contribution in [-0.4, -0.2) is 27.6 Å². The fourth-order valence-electron chi connectivity index (χ4n) is 2.74. The van der Waals surface area contributed by atoms with Gasteiger partial charge in [-0.1, -0.05) is 41.9 Å². The van der Waals surface area contributed by atoms with E-state index in [2.05, 4.69) is 4.98 Å². The molecule has 0 saturated heterocycles. The van der Waals surface area contributed by atoms with Crippen LogP contribution < -0.4 is 5.56 Å². The number of nitrogens with zero attached hydrogens (tertiary/aromatic N) is 2. The molecule has 0 amide bonds. The van der Waals surface area contributed by atoms with Gasteiger partial charge in [-0.15, -0.1) is 0 Å². The van der Waals surface area contributed by atoms with E-state index in [-0.39, 0.29) is 17.6 Å². The summed E-state index contributed by atoms with van der Waals surface area (Å²) in [5.41, 5.74) is 0.503. The fraction of sp³-hybridized carbons (Fsp3) is 0.167. The van der Waals surface area contributed by atoms with Crippen molar-refractivity contribution in [1.29, 1.82) is 0 Å². The maximum atomic E-state index is 12.9. The second-order valence-corrected chi connectivity index (χ2v) is 5.91. The number of aromatic nitrogens is 2. The second-order valence-electron chi connectivity index (χ2n) is 5.47. The third-order valence-corrected chi connectivity index (χ3v) is 4.17. The quantitative estimate of drug-likeness (QED) is 0.725. The Morgan fingerprint density at radius 3 is 2.68 bits per heavy atom. The van der Waals surface area contributed by atoms with E-state index >= 15 is 0 Å². The molecular weight excluding hydrogens is 344 g/mol. The van der Waals surface area contributed by atoms with Gasteiger partial charge in [0.15, 0.2) is 0 Å². The number of hydrogen-bond donors (Lipinski definition) is 1. The Hall–Kier alpha value is -2.86. The lowest BCUT2D eigenvalue weighted by molar-refractivity contribution is -0.140. The lowest BCUT2D eigenvalue weighted by atomic mass is 9.89. The Balaban J connectivity index is 2.25. The highest BCUT2D eigenvalue weighted by Gasteiger charge is 2.26. The largest absolute Gasteiger partial charge is 0.493 e. The smallest absolute Gasteiger partial charge is 0.306 e. The number of halogens is 1. The van der Waals surface area contributed by atoms with E-state index in [1.54, 1.807) is 30.3 Å². The molecule has 3 rings (SSSR count). The van der Waals surface area contributed by atoms with Crippen LogP contribution in [0.25, 0.3) is 5.65 Å². The van der Waals surface area contributed by atoms with Crippen molar-refractivity contribution in [3.8, 4) is 5.88 Å². The zero-order chi connectivity index (χ0) is 18.0. The molecule has 25 heavy (non-hydrogen) atoms. The lowest BCUT2D eigenvalue weighted by Crippen LogP contribution is -2.24. The van der Waals surface area contributed by atoms with Crippen molar-refractivity contribution < 1.29 is 14.6 Å². The predicted molar refractivity (Wildman–Crippen MR) is 93.1 cm³/mol. The second kappa shape index (κ2) is 6.94. The number of carbonyl (C=O) groups is 1. The van der Waals surface area contributed by atoms with Gasteiger partial charge in [0.2, 0.25) is 5.88 Å². The van der Waals surface area contributed by atoms with Gasteiger partial charge in [0, 0.05) is 12.1 Å². The summed E-state index contributed by atoms with van der Waals surface area (Å²) in [6, 6.07) is 12.1. The maximum Gasteiger partial charge on any atom is 0.306 e.